The molecule has 0 unspecified atom stereocenters. The molecule has 0 amide bonds. The summed E-state index contributed by atoms with van der Waals surface area (Å²) in [6, 6.07) is 0. The van der Waals surface area contributed by atoms with Crippen LogP contribution in [0.5, 0.6) is 0 Å². The number of aliphatic hydroxyl groups is 1. The molecule has 1 rings (SSSR count). The van der Waals surface area contributed by atoms with E-state index in [1.807, 2.05) is 6.92 Å². The van der Waals surface area contributed by atoms with E-state index in [9.17, 15) is 5.11 Å². The normalized spacial score (nSPS) is 28.4. The van der Waals surface area contributed by atoms with Crippen molar-refractivity contribution in [1.82, 2.24) is 0 Å². The van der Waals surface area contributed by atoms with Gasteiger partial charge in [0, 0.05) is 0 Å². The second-order valence-electron chi connectivity index (χ2n) is 4.74. The lowest BCUT2D eigenvalue weighted by Gasteiger charge is -2.35. The van der Waals surface area contributed by atoms with Gasteiger partial charge >= 0.3 is 0 Å². The lowest BCUT2D eigenvalue weighted by molar-refractivity contribution is 0.0700. The molecule has 1 nitrogen and oxygen atoms in total. The summed E-state index contributed by atoms with van der Waals surface area (Å²) < 4.78 is 0. The van der Waals surface area contributed by atoms with Crippen LogP contribution in [0.4, 0.5) is 0 Å². The lowest BCUT2D eigenvalue weighted by atomic mass is 9.72. The summed E-state index contributed by atoms with van der Waals surface area (Å²) in [4.78, 5) is 0. The molecule has 0 aromatic rings. The Kier molecular flexibility index (Phi) is 2.58. The number of aliphatic hydroxyl groups excluding tert-OH is 1. The summed E-state index contributed by atoms with van der Waals surface area (Å²) in [5.74, 6) is 0.572. The Hall–Kier alpha value is -0.0400. The minimum Gasteiger partial charge on any atom is -0.393 e. The van der Waals surface area contributed by atoms with Crippen LogP contribution in [-0.2, 0) is 0 Å². The van der Waals surface area contributed by atoms with Gasteiger partial charge in [0.15, 0.2) is 0 Å². The van der Waals surface area contributed by atoms with Crippen molar-refractivity contribution in [2.75, 3.05) is 0 Å². The molecule has 0 saturated heterocycles. The fraction of sp³-hybridized carbons (Fsp3) is 1.00. The van der Waals surface area contributed by atoms with Crippen LogP contribution in [0.3, 0.4) is 0 Å². The maximum Gasteiger partial charge on any atom is 0.0540 e. The maximum absolute atomic E-state index is 9.35. The molecule has 66 valence electrons. The minimum atomic E-state index is -0.0916. The van der Waals surface area contributed by atoms with Gasteiger partial charge < -0.3 is 5.11 Å². The van der Waals surface area contributed by atoms with Crippen molar-refractivity contribution in [3.63, 3.8) is 0 Å². The molecule has 1 atom stereocenters. The molecular formula is C10H20O. The van der Waals surface area contributed by atoms with E-state index < -0.39 is 0 Å². The van der Waals surface area contributed by atoms with E-state index >= 15 is 0 Å². The van der Waals surface area contributed by atoms with Crippen LogP contribution in [0, 0.1) is 11.3 Å². The summed E-state index contributed by atoms with van der Waals surface area (Å²) in [7, 11) is 0. The molecule has 0 radical (unpaired) electrons. The van der Waals surface area contributed by atoms with Crippen LogP contribution in [0.1, 0.15) is 46.5 Å². The Morgan fingerprint density at radius 3 is 2.09 bits per heavy atom. The third-order valence-electron chi connectivity index (χ3n) is 3.07. The van der Waals surface area contributed by atoms with Gasteiger partial charge in [-0.05, 0) is 43.9 Å². The molecule has 0 aromatic carbocycles. The zero-order valence-corrected chi connectivity index (χ0v) is 7.93. The Bertz CT molecular complexity index is 117. The molecule has 1 aliphatic rings. The first-order valence-electron chi connectivity index (χ1n) is 4.69. The highest BCUT2D eigenvalue weighted by Gasteiger charge is 2.28. The predicted molar refractivity (Wildman–Crippen MR) is 47.4 cm³/mol. The van der Waals surface area contributed by atoms with Gasteiger partial charge in [-0.3, -0.25) is 0 Å². The molecule has 0 aliphatic heterocycles. The van der Waals surface area contributed by atoms with E-state index in [4.69, 9.17) is 0 Å². The van der Waals surface area contributed by atoms with Gasteiger partial charge in [0.2, 0.25) is 0 Å². The molecular weight excluding hydrogens is 136 g/mol. The quantitative estimate of drug-likeness (QED) is 0.618. The SMILES string of the molecule is C[C@@H](O)C1CCC(C)(C)CC1. The summed E-state index contributed by atoms with van der Waals surface area (Å²) in [6.45, 7) is 6.57. The minimum absolute atomic E-state index is 0.0916. The summed E-state index contributed by atoms with van der Waals surface area (Å²) in [5, 5.41) is 9.35. The smallest absolute Gasteiger partial charge is 0.0540 e. The summed E-state index contributed by atoms with van der Waals surface area (Å²) in [5.41, 5.74) is 0.533. The summed E-state index contributed by atoms with van der Waals surface area (Å²) >= 11 is 0. The van der Waals surface area contributed by atoms with Crippen molar-refractivity contribution in [3.8, 4) is 0 Å². The highest BCUT2D eigenvalue weighted by atomic mass is 16.3. The first-order chi connectivity index (χ1) is 5.01. The van der Waals surface area contributed by atoms with Crippen LogP contribution in [0.15, 0.2) is 0 Å². The molecule has 1 aliphatic carbocycles. The third kappa shape index (κ3) is 2.48. The fourth-order valence-corrected chi connectivity index (χ4v) is 1.90. The van der Waals surface area contributed by atoms with E-state index in [2.05, 4.69) is 13.8 Å². The van der Waals surface area contributed by atoms with E-state index in [0.29, 0.717) is 11.3 Å². The molecule has 0 aromatic heterocycles. The number of hydrogen-bond donors (Lipinski definition) is 1. The van der Waals surface area contributed by atoms with Crippen molar-refractivity contribution in [2.24, 2.45) is 11.3 Å². The van der Waals surface area contributed by atoms with Crippen molar-refractivity contribution < 1.29 is 5.11 Å². The van der Waals surface area contributed by atoms with Gasteiger partial charge in [-0.15, -0.1) is 0 Å². The van der Waals surface area contributed by atoms with Crippen LogP contribution < -0.4 is 0 Å². The first-order valence-corrected chi connectivity index (χ1v) is 4.69. The van der Waals surface area contributed by atoms with Crippen molar-refractivity contribution >= 4 is 0 Å². The van der Waals surface area contributed by atoms with Gasteiger partial charge in [-0.1, -0.05) is 13.8 Å². The predicted octanol–water partition coefficient (Wildman–Crippen LogP) is 2.58. The van der Waals surface area contributed by atoms with E-state index in [1.54, 1.807) is 0 Å². The van der Waals surface area contributed by atoms with Crippen LogP contribution in [0.2, 0.25) is 0 Å². The molecule has 0 heterocycles. The topological polar surface area (TPSA) is 20.2 Å². The van der Waals surface area contributed by atoms with E-state index in [1.165, 1.54) is 25.7 Å². The molecule has 1 heteroatoms. The second kappa shape index (κ2) is 3.14. The maximum atomic E-state index is 9.35. The highest BCUT2D eigenvalue weighted by Crippen LogP contribution is 2.38. The zero-order chi connectivity index (χ0) is 8.48. The molecule has 0 spiro atoms. The average molecular weight is 156 g/mol. The molecule has 0 bridgehead atoms. The third-order valence-corrected chi connectivity index (χ3v) is 3.07. The Balaban J connectivity index is 2.36. The van der Waals surface area contributed by atoms with E-state index in [-0.39, 0.29) is 6.10 Å². The van der Waals surface area contributed by atoms with Crippen LogP contribution >= 0.6 is 0 Å². The second-order valence-corrected chi connectivity index (χ2v) is 4.74. The lowest BCUT2D eigenvalue weighted by Crippen LogP contribution is -2.27. The zero-order valence-electron chi connectivity index (χ0n) is 7.93. The molecule has 1 fully saturated rings. The summed E-state index contributed by atoms with van der Waals surface area (Å²) in [6.07, 6.45) is 4.89. The standard InChI is InChI=1S/C10H20O/c1-8(11)9-4-6-10(2,3)7-5-9/h8-9,11H,4-7H2,1-3H3/t8-/m1/s1. The van der Waals surface area contributed by atoms with Crippen LogP contribution in [0.25, 0.3) is 0 Å². The fourth-order valence-electron chi connectivity index (χ4n) is 1.90. The van der Waals surface area contributed by atoms with Gasteiger partial charge in [0.1, 0.15) is 0 Å². The molecule has 11 heavy (non-hydrogen) atoms. The average Bonchev–Trinajstić information content (AvgIpc) is 1.86. The van der Waals surface area contributed by atoms with Crippen molar-refractivity contribution in [2.45, 2.75) is 52.6 Å². The van der Waals surface area contributed by atoms with Gasteiger partial charge in [-0.25, -0.2) is 0 Å². The van der Waals surface area contributed by atoms with Crippen molar-refractivity contribution in [1.29, 1.82) is 0 Å². The van der Waals surface area contributed by atoms with Gasteiger partial charge in [0.05, 0.1) is 6.10 Å². The Labute approximate surface area is 69.8 Å². The number of rotatable bonds is 1. The monoisotopic (exact) mass is 156 g/mol. The Morgan fingerprint density at radius 2 is 1.73 bits per heavy atom. The molecule has 1 N–H and O–H groups in total. The van der Waals surface area contributed by atoms with Gasteiger partial charge in [0.25, 0.3) is 0 Å². The van der Waals surface area contributed by atoms with Crippen LogP contribution in [-0.4, -0.2) is 11.2 Å². The number of hydrogen-bond acceptors (Lipinski definition) is 1. The van der Waals surface area contributed by atoms with Gasteiger partial charge in [-0.2, -0.15) is 0 Å². The highest BCUT2D eigenvalue weighted by molar-refractivity contribution is 4.80. The van der Waals surface area contributed by atoms with Crippen molar-refractivity contribution in [3.05, 3.63) is 0 Å². The Morgan fingerprint density at radius 1 is 1.27 bits per heavy atom. The largest absolute Gasteiger partial charge is 0.393 e. The first kappa shape index (κ1) is 9.05. The molecule has 1 saturated carbocycles. The van der Waals surface area contributed by atoms with E-state index in [0.717, 1.165) is 0 Å².